The predicted octanol–water partition coefficient (Wildman–Crippen LogP) is 9.90. The van der Waals surface area contributed by atoms with E-state index in [0.717, 1.165) is 70.2 Å². The number of ether oxygens (including phenoxy) is 2. The third-order valence-electron chi connectivity index (χ3n) is 11.6. The maximum atomic E-state index is 12.9. The Balaban J connectivity index is 0.000000455. The van der Waals surface area contributed by atoms with Crippen molar-refractivity contribution in [2.75, 3.05) is 52.4 Å². The van der Waals surface area contributed by atoms with Gasteiger partial charge in [-0.15, -0.1) is 0 Å². The zero-order valence-electron chi connectivity index (χ0n) is 36.7. The molecule has 7 rings (SSSR count). The normalized spacial score (nSPS) is 16.1. The molecule has 0 aliphatic carbocycles. The molecule has 2 aromatic heterocycles. The zero-order chi connectivity index (χ0) is 47.5. The number of nitriles is 1. The van der Waals surface area contributed by atoms with Crippen molar-refractivity contribution in [3.63, 3.8) is 0 Å². The average molecular weight is 980 g/mol. The maximum absolute atomic E-state index is 12.9. The summed E-state index contributed by atoms with van der Waals surface area (Å²) in [6.07, 6.45) is 1.32. The maximum Gasteiger partial charge on any atom is 0.433 e. The number of carbonyl (C=O) groups is 2. The Morgan fingerprint density at radius 2 is 1.44 bits per heavy atom. The van der Waals surface area contributed by atoms with E-state index in [1.54, 1.807) is 48.5 Å². The van der Waals surface area contributed by atoms with Crippen molar-refractivity contribution in [1.29, 1.82) is 5.26 Å². The number of nitrogens with one attached hydrogen (secondary N) is 4. The lowest BCUT2D eigenvalue weighted by Crippen LogP contribution is -2.42. The summed E-state index contributed by atoms with van der Waals surface area (Å²) >= 11 is 18.5. The van der Waals surface area contributed by atoms with Crippen LogP contribution in [0.4, 0.5) is 13.2 Å². The molecule has 19 heteroatoms. The number of carbonyl (C=O) groups excluding carboxylic acids is 2. The first kappa shape index (κ1) is 50.1. The molecule has 4 N–H and O–H groups in total. The summed E-state index contributed by atoms with van der Waals surface area (Å²) < 4.78 is 50.8. The van der Waals surface area contributed by atoms with E-state index in [4.69, 9.17) is 49.5 Å². The first-order valence-electron chi connectivity index (χ1n) is 21.7. The Labute approximate surface area is 401 Å². The SMILES string of the molecule is C[C@H](CNC(=O)c1c[nH]c(=O)c2ccccc12)CN1CCC(Oc2ccc(C#N)c(Cl)c2)CC1.Cc1c(Cl)ccc(OC2CCN(C[C@H](C)CNC(=O)c3cn[nH]c3C(F)(F)F)CC2)c1Cl.[HH].[HH].[HH].[HH]. The molecular weight excluding hydrogens is 920 g/mol. The number of rotatable bonds is 14. The number of alkyl halides is 3. The average Bonchev–Trinajstić information content (AvgIpc) is 3.81. The molecule has 2 aliphatic heterocycles. The third-order valence-corrected chi connectivity index (χ3v) is 12.8. The molecule has 0 unspecified atom stereocenters. The minimum absolute atomic E-state index is 0. The number of hydrogen-bond acceptors (Lipinski definition) is 9. The summed E-state index contributed by atoms with van der Waals surface area (Å²) in [5.74, 6) is 0.667. The zero-order valence-corrected chi connectivity index (χ0v) is 39.0. The summed E-state index contributed by atoms with van der Waals surface area (Å²) in [5.41, 5.74) is -0.131. The van der Waals surface area contributed by atoms with Gasteiger partial charge in [0.2, 0.25) is 0 Å². The van der Waals surface area contributed by atoms with Gasteiger partial charge in [0.1, 0.15) is 29.8 Å². The molecule has 0 spiro atoms. The van der Waals surface area contributed by atoms with Gasteiger partial charge < -0.3 is 34.9 Å². The van der Waals surface area contributed by atoms with Crippen LogP contribution >= 0.6 is 34.8 Å². The molecule has 0 radical (unpaired) electrons. The van der Waals surface area contributed by atoms with E-state index >= 15 is 0 Å². The Morgan fingerprint density at radius 3 is 2.02 bits per heavy atom. The number of benzene rings is 3. The van der Waals surface area contributed by atoms with Crippen molar-refractivity contribution in [2.45, 2.75) is 64.8 Å². The van der Waals surface area contributed by atoms with E-state index < -0.39 is 23.3 Å². The number of piperidine rings is 2. The van der Waals surface area contributed by atoms with Gasteiger partial charge in [-0.1, -0.05) is 66.8 Å². The summed E-state index contributed by atoms with van der Waals surface area (Å²) in [7, 11) is 0. The Hall–Kier alpha value is -5.31. The van der Waals surface area contributed by atoms with Crippen molar-refractivity contribution in [3.05, 3.63) is 120 Å². The quantitative estimate of drug-likeness (QED) is 0.0847. The lowest BCUT2D eigenvalue weighted by molar-refractivity contribution is -0.141. The Bertz CT molecular complexity index is 2590. The highest BCUT2D eigenvalue weighted by Gasteiger charge is 2.37. The molecule has 2 aliphatic rings. The van der Waals surface area contributed by atoms with Crippen molar-refractivity contribution in [2.24, 2.45) is 11.8 Å². The topological polar surface area (TPSA) is 168 Å². The third kappa shape index (κ3) is 13.4. The van der Waals surface area contributed by atoms with E-state index in [9.17, 15) is 27.6 Å². The first-order chi connectivity index (χ1) is 31.5. The molecule has 2 saturated heterocycles. The number of halogens is 6. The molecule has 66 heavy (non-hydrogen) atoms. The van der Waals surface area contributed by atoms with E-state index in [1.165, 1.54) is 6.20 Å². The molecule has 2 amide bonds. The van der Waals surface area contributed by atoms with E-state index in [-0.39, 0.29) is 47.8 Å². The van der Waals surface area contributed by atoms with Gasteiger partial charge in [0.05, 0.1) is 32.9 Å². The highest BCUT2D eigenvalue weighted by Crippen LogP contribution is 2.34. The van der Waals surface area contributed by atoms with Gasteiger partial charge in [-0.05, 0) is 80.3 Å². The molecular formula is C47H60Cl3F3N8O5. The van der Waals surface area contributed by atoms with Crippen LogP contribution in [0.15, 0.2) is 71.8 Å². The largest absolute Gasteiger partial charge is 0.490 e. The second kappa shape index (κ2) is 22.9. The molecule has 0 saturated carbocycles. The van der Waals surface area contributed by atoms with Gasteiger partial charge in [0, 0.05) is 86.1 Å². The molecule has 0 bridgehead atoms. The van der Waals surface area contributed by atoms with Gasteiger partial charge >= 0.3 is 6.18 Å². The number of aromatic amines is 2. The Kier molecular flexibility index (Phi) is 17.4. The highest BCUT2D eigenvalue weighted by atomic mass is 35.5. The number of hydrogen-bond donors (Lipinski definition) is 4. The minimum atomic E-state index is -4.66. The highest BCUT2D eigenvalue weighted by molar-refractivity contribution is 6.36. The van der Waals surface area contributed by atoms with Crippen LogP contribution in [-0.2, 0) is 6.18 Å². The fourth-order valence-electron chi connectivity index (χ4n) is 7.99. The van der Waals surface area contributed by atoms with Gasteiger partial charge in [-0.2, -0.15) is 23.5 Å². The van der Waals surface area contributed by atoms with Gasteiger partial charge in [0.15, 0.2) is 5.69 Å². The van der Waals surface area contributed by atoms with Crippen LogP contribution < -0.4 is 25.7 Å². The van der Waals surface area contributed by atoms with E-state index in [2.05, 4.69) is 43.5 Å². The van der Waals surface area contributed by atoms with Crippen LogP contribution in [-0.4, -0.2) is 101 Å². The Morgan fingerprint density at radius 1 is 0.864 bits per heavy atom. The predicted molar refractivity (Wildman–Crippen MR) is 257 cm³/mol. The summed E-state index contributed by atoms with van der Waals surface area (Å²) in [4.78, 5) is 44.2. The standard InChI is InChI=1S/C26H27ClN4O3.C21H25Cl2F3N4O2.4H2/c1-17(14-29-26(33)23-15-30-25(32)22-5-3-2-4-21(22)23)16-31-10-8-19(9-11-31)34-20-7-6-18(13-28)24(27)12-20;1-12(9-27-20(31)15-10-28-29-19(15)21(24,25)26)11-30-7-5-14(6-8-30)32-17-4-3-16(22)13(2)18(17)23;;;;/h2-7,12,15,17,19H,8-11,14,16H2,1H3,(H,29,33)(H,30,32);3-4,10,12,14H,5-9,11H2,1-2H3,(H,27,31)(H,28,29);4*1H/t17-;12-;;;;/m11..../s1. The number of nitrogens with zero attached hydrogens (tertiary/aromatic N) is 4. The number of fused-ring (bicyclic) bond motifs is 1. The first-order valence-corrected chi connectivity index (χ1v) is 22.8. The summed E-state index contributed by atoms with van der Waals surface area (Å²) in [6, 6.07) is 17.9. The van der Waals surface area contributed by atoms with E-state index in [0.29, 0.717) is 61.6 Å². The van der Waals surface area contributed by atoms with Gasteiger partial charge in [-0.25, -0.2) is 0 Å². The molecule has 2 fully saturated rings. The summed E-state index contributed by atoms with van der Waals surface area (Å²) in [5, 5.41) is 22.4. The molecule has 13 nitrogen and oxygen atoms in total. The second-order valence-electron chi connectivity index (χ2n) is 16.8. The van der Waals surface area contributed by atoms with E-state index in [1.807, 2.05) is 25.0 Å². The molecule has 4 heterocycles. The lowest BCUT2D eigenvalue weighted by atomic mass is 10.0. The second-order valence-corrected chi connectivity index (χ2v) is 18.0. The van der Waals surface area contributed by atoms with Crippen molar-refractivity contribution in [3.8, 4) is 17.6 Å². The van der Waals surface area contributed by atoms with Gasteiger partial charge in [-0.3, -0.25) is 19.5 Å². The molecule has 3 aromatic carbocycles. The van der Waals surface area contributed by atoms with Crippen LogP contribution in [0.2, 0.25) is 15.1 Å². The van der Waals surface area contributed by atoms with Crippen molar-refractivity contribution >= 4 is 57.4 Å². The smallest absolute Gasteiger partial charge is 0.433 e. The number of likely N-dealkylation sites (tertiary alicyclic amines) is 2. The molecule has 5 aromatic rings. The van der Waals surface area contributed by atoms with Crippen molar-refractivity contribution in [1.82, 2.24) is 35.6 Å². The fourth-order valence-corrected chi connectivity index (χ4v) is 8.61. The number of pyridine rings is 1. The number of aromatic nitrogens is 3. The van der Waals surface area contributed by atoms with Crippen LogP contribution in [0.5, 0.6) is 11.5 Å². The fraction of sp³-hybridized carbons (Fsp3) is 0.426. The lowest BCUT2D eigenvalue weighted by Gasteiger charge is -2.34. The summed E-state index contributed by atoms with van der Waals surface area (Å²) in [6.45, 7) is 11.8. The van der Waals surface area contributed by atoms with Crippen LogP contribution in [0.25, 0.3) is 10.8 Å². The van der Waals surface area contributed by atoms with Crippen LogP contribution in [0.3, 0.4) is 0 Å². The van der Waals surface area contributed by atoms with Gasteiger partial charge in [0.25, 0.3) is 17.4 Å². The van der Waals surface area contributed by atoms with Crippen LogP contribution in [0.1, 0.15) is 82.8 Å². The molecule has 360 valence electrons. The minimum Gasteiger partial charge on any atom is -0.490 e. The monoisotopic (exact) mass is 978 g/mol. The number of H-pyrrole nitrogens is 2. The molecule has 2 atom stereocenters. The van der Waals surface area contributed by atoms with Crippen molar-refractivity contribution < 1.29 is 37.9 Å². The van der Waals surface area contributed by atoms with Crippen LogP contribution in [0, 0.1) is 30.1 Å². The number of amides is 2.